The predicted octanol–water partition coefficient (Wildman–Crippen LogP) is 2.48. The summed E-state index contributed by atoms with van der Waals surface area (Å²) in [7, 11) is 0. The van der Waals surface area contributed by atoms with Gasteiger partial charge in [-0.15, -0.1) is 11.3 Å². The number of aromatic nitrogens is 1. The highest BCUT2D eigenvalue weighted by atomic mass is 32.1. The van der Waals surface area contributed by atoms with Crippen LogP contribution in [0, 0.1) is 0 Å². The lowest BCUT2D eigenvalue weighted by Gasteiger charge is -2.33. The lowest BCUT2D eigenvalue weighted by Crippen LogP contribution is -2.38. The van der Waals surface area contributed by atoms with Gasteiger partial charge in [-0.1, -0.05) is 0 Å². The summed E-state index contributed by atoms with van der Waals surface area (Å²) < 4.78 is 0. The number of nitrogen functional groups attached to an aromatic ring is 1. The molecular formula is C14H15N3OS. The minimum Gasteiger partial charge on any atom is -0.384 e. The molecule has 0 aromatic carbocycles. The highest BCUT2D eigenvalue weighted by Gasteiger charge is 2.28. The summed E-state index contributed by atoms with van der Waals surface area (Å²) in [6.45, 7) is 2.84. The van der Waals surface area contributed by atoms with E-state index in [4.69, 9.17) is 5.73 Å². The Balaban J connectivity index is 1.90. The van der Waals surface area contributed by atoms with Crippen molar-refractivity contribution in [1.29, 1.82) is 0 Å². The average molecular weight is 273 g/mol. The molecule has 19 heavy (non-hydrogen) atoms. The van der Waals surface area contributed by atoms with Gasteiger partial charge in [0.2, 0.25) is 0 Å². The summed E-state index contributed by atoms with van der Waals surface area (Å²) >= 11 is 1.77. The number of thiophene rings is 1. The molecule has 3 rings (SSSR count). The van der Waals surface area contributed by atoms with E-state index in [1.807, 2.05) is 4.90 Å². The summed E-state index contributed by atoms with van der Waals surface area (Å²) in [5, 5.41) is 2.10. The molecule has 0 radical (unpaired) electrons. The zero-order valence-electron chi connectivity index (χ0n) is 10.7. The Morgan fingerprint density at radius 1 is 1.53 bits per heavy atom. The Bertz CT molecular complexity index is 623. The van der Waals surface area contributed by atoms with Crippen LogP contribution < -0.4 is 5.73 Å². The van der Waals surface area contributed by atoms with Crippen molar-refractivity contribution in [3.8, 4) is 0 Å². The molecule has 4 nitrogen and oxygen atoms in total. The van der Waals surface area contributed by atoms with E-state index >= 15 is 0 Å². The van der Waals surface area contributed by atoms with Gasteiger partial charge < -0.3 is 10.6 Å². The number of fused-ring (bicyclic) bond motifs is 1. The Morgan fingerprint density at radius 3 is 3.16 bits per heavy atom. The summed E-state index contributed by atoms with van der Waals surface area (Å²) in [6, 6.07) is 5.59. The number of hydrogen-bond donors (Lipinski definition) is 1. The maximum atomic E-state index is 12.5. The molecule has 1 aliphatic rings. The van der Waals surface area contributed by atoms with Crippen LogP contribution in [0.2, 0.25) is 0 Å². The first-order valence-electron chi connectivity index (χ1n) is 6.25. The number of pyridine rings is 1. The van der Waals surface area contributed by atoms with Gasteiger partial charge in [0.1, 0.15) is 5.82 Å². The first-order chi connectivity index (χ1) is 9.16. The van der Waals surface area contributed by atoms with Crippen molar-refractivity contribution in [2.45, 2.75) is 19.4 Å². The second-order valence-corrected chi connectivity index (χ2v) is 5.69. The Labute approximate surface area is 115 Å². The van der Waals surface area contributed by atoms with Gasteiger partial charge in [0.05, 0.1) is 6.04 Å². The number of carbonyl (C=O) groups excluding carboxylic acids is 1. The molecule has 1 atom stereocenters. The van der Waals surface area contributed by atoms with Gasteiger partial charge in [-0.3, -0.25) is 4.79 Å². The Hall–Kier alpha value is -1.88. The van der Waals surface area contributed by atoms with Crippen LogP contribution in [0.3, 0.4) is 0 Å². The second kappa shape index (κ2) is 4.66. The number of amides is 1. The van der Waals surface area contributed by atoms with Gasteiger partial charge in [-0.2, -0.15) is 0 Å². The SMILES string of the molecule is CC1c2ccsc2CCN1C(=O)c1ccnc(N)c1. The zero-order chi connectivity index (χ0) is 13.4. The van der Waals surface area contributed by atoms with Crippen LogP contribution in [0.15, 0.2) is 29.8 Å². The third-order valence-corrected chi connectivity index (χ3v) is 4.56. The molecule has 0 bridgehead atoms. The van der Waals surface area contributed by atoms with Gasteiger partial charge in [0.25, 0.3) is 5.91 Å². The van der Waals surface area contributed by atoms with Gasteiger partial charge in [0.15, 0.2) is 0 Å². The average Bonchev–Trinajstić information content (AvgIpc) is 2.88. The molecule has 1 unspecified atom stereocenters. The maximum Gasteiger partial charge on any atom is 0.254 e. The van der Waals surface area contributed by atoms with Gasteiger partial charge >= 0.3 is 0 Å². The van der Waals surface area contributed by atoms with E-state index in [9.17, 15) is 4.79 Å². The minimum atomic E-state index is 0.0263. The van der Waals surface area contributed by atoms with Crippen LogP contribution >= 0.6 is 11.3 Å². The van der Waals surface area contributed by atoms with Crippen LogP contribution in [0.25, 0.3) is 0 Å². The first kappa shape index (κ1) is 12.2. The number of rotatable bonds is 1. The monoisotopic (exact) mass is 273 g/mol. The van der Waals surface area contributed by atoms with Gasteiger partial charge in [-0.05, 0) is 42.5 Å². The van der Waals surface area contributed by atoms with Crippen LogP contribution in [-0.2, 0) is 6.42 Å². The fourth-order valence-electron chi connectivity index (χ4n) is 2.53. The van der Waals surface area contributed by atoms with E-state index in [1.165, 1.54) is 10.4 Å². The highest BCUT2D eigenvalue weighted by molar-refractivity contribution is 7.10. The number of nitrogens with zero attached hydrogens (tertiary/aromatic N) is 2. The van der Waals surface area contributed by atoms with Crippen molar-refractivity contribution >= 4 is 23.1 Å². The maximum absolute atomic E-state index is 12.5. The lowest BCUT2D eigenvalue weighted by molar-refractivity contribution is 0.0679. The lowest BCUT2D eigenvalue weighted by atomic mass is 10.0. The summed E-state index contributed by atoms with van der Waals surface area (Å²) in [5.41, 5.74) is 7.52. The summed E-state index contributed by atoms with van der Waals surface area (Å²) in [5.74, 6) is 0.408. The van der Waals surface area contributed by atoms with Crippen LogP contribution in [0.4, 0.5) is 5.82 Å². The van der Waals surface area contributed by atoms with E-state index in [0.29, 0.717) is 11.4 Å². The molecule has 1 amide bonds. The zero-order valence-corrected chi connectivity index (χ0v) is 11.5. The molecular weight excluding hydrogens is 258 g/mol. The van der Waals surface area contributed by atoms with Crippen molar-refractivity contribution in [3.05, 3.63) is 45.8 Å². The molecule has 2 aromatic rings. The van der Waals surface area contributed by atoms with Crippen LogP contribution in [0.1, 0.15) is 33.8 Å². The molecule has 0 saturated carbocycles. The van der Waals surface area contributed by atoms with E-state index < -0.39 is 0 Å². The smallest absolute Gasteiger partial charge is 0.254 e. The topological polar surface area (TPSA) is 59.2 Å². The van der Waals surface area contributed by atoms with E-state index in [0.717, 1.165) is 13.0 Å². The van der Waals surface area contributed by atoms with Crippen molar-refractivity contribution in [1.82, 2.24) is 9.88 Å². The summed E-state index contributed by atoms with van der Waals surface area (Å²) in [6.07, 6.45) is 2.51. The third-order valence-electron chi connectivity index (χ3n) is 3.57. The van der Waals surface area contributed by atoms with Crippen molar-refractivity contribution in [3.63, 3.8) is 0 Å². The standard InChI is InChI=1S/C14H15N3OS/c1-9-11-4-7-19-12(11)3-6-17(9)14(18)10-2-5-16-13(15)8-10/h2,4-5,7-9H,3,6H2,1H3,(H2,15,16). The van der Waals surface area contributed by atoms with Gasteiger partial charge in [0, 0.05) is 23.2 Å². The molecule has 0 fully saturated rings. The minimum absolute atomic E-state index is 0.0263. The van der Waals surface area contributed by atoms with E-state index in [-0.39, 0.29) is 11.9 Å². The Kier molecular flexibility index (Phi) is 2.98. The van der Waals surface area contributed by atoms with Crippen molar-refractivity contribution < 1.29 is 4.79 Å². The first-order valence-corrected chi connectivity index (χ1v) is 7.13. The van der Waals surface area contributed by atoms with Crippen LogP contribution in [-0.4, -0.2) is 22.3 Å². The van der Waals surface area contributed by atoms with Gasteiger partial charge in [-0.25, -0.2) is 4.98 Å². The molecule has 0 spiro atoms. The van der Waals surface area contributed by atoms with E-state index in [2.05, 4.69) is 23.4 Å². The largest absolute Gasteiger partial charge is 0.384 e. The van der Waals surface area contributed by atoms with Crippen LogP contribution in [0.5, 0.6) is 0 Å². The fourth-order valence-corrected chi connectivity index (χ4v) is 3.50. The number of carbonyl (C=O) groups is 1. The molecule has 1 aliphatic heterocycles. The molecule has 0 aliphatic carbocycles. The highest BCUT2D eigenvalue weighted by Crippen LogP contribution is 2.33. The molecule has 98 valence electrons. The predicted molar refractivity (Wildman–Crippen MR) is 76.1 cm³/mol. The molecule has 2 N–H and O–H groups in total. The molecule has 3 heterocycles. The number of hydrogen-bond acceptors (Lipinski definition) is 4. The number of nitrogens with two attached hydrogens (primary N) is 1. The molecule has 2 aromatic heterocycles. The Morgan fingerprint density at radius 2 is 2.37 bits per heavy atom. The quantitative estimate of drug-likeness (QED) is 0.868. The van der Waals surface area contributed by atoms with Crippen molar-refractivity contribution in [2.24, 2.45) is 0 Å². The van der Waals surface area contributed by atoms with Crippen molar-refractivity contribution in [2.75, 3.05) is 12.3 Å². The molecule has 5 heteroatoms. The number of anilines is 1. The van der Waals surface area contributed by atoms with E-state index in [1.54, 1.807) is 29.7 Å². The second-order valence-electron chi connectivity index (χ2n) is 4.69. The molecule has 0 saturated heterocycles. The third kappa shape index (κ3) is 2.10. The fraction of sp³-hybridized carbons (Fsp3) is 0.286. The summed E-state index contributed by atoms with van der Waals surface area (Å²) in [4.78, 5) is 19.8. The normalized spacial score (nSPS) is 18.2.